The zero-order valence-electron chi connectivity index (χ0n) is 28.4. The zero-order valence-corrected chi connectivity index (χ0v) is 28.4. The molecule has 8 nitrogen and oxygen atoms in total. The number of ketones is 2. The van der Waals surface area contributed by atoms with Crippen LogP contribution in [0.1, 0.15) is 42.4 Å². The van der Waals surface area contributed by atoms with Gasteiger partial charge in [0.2, 0.25) is 11.8 Å². The summed E-state index contributed by atoms with van der Waals surface area (Å²) >= 11 is 0. The second kappa shape index (κ2) is 12.4. The predicted octanol–water partition coefficient (Wildman–Crippen LogP) is 7.37. The molecule has 51 heavy (non-hydrogen) atoms. The van der Waals surface area contributed by atoms with Gasteiger partial charge in [0, 0.05) is 33.8 Å². The van der Waals surface area contributed by atoms with Gasteiger partial charge < -0.3 is 14.6 Å². The number of fused-ring (bicyclic) bond motifs is 4. The Balaban J connectivity index is 1.15. The van der Waals surface area contributed by atoms with Crippen LogP contribution in [0.5, 0.6) is 17.2 Å². The molecule has 0 bridgehead atoms. The number of rotatable bonds is 6. The molecule has 0 aromatic heterocycles. The van der Waals surface area contributed by atoms with Crippen molar-refractivity contribution in [2.24, 2.45) is 17.8 Å². The molecule has 0 unspecified atom stereocenters. The van der Waals surface area contributed by atoms with Gasteiger partial charge in [0.15, 0.2) is 11.6 Å². The third kappa shape index (κ3) is 5.12. The Kier molecular flexibility index (Phi) is 7.82. The van der Waals surface area contributed by atoms with Gasteiger partial charge in [-0.3, -0.25) is 24.1 Å². The smallest absolute Gasteiger partial charge is 0.238 e. The standard InChI is InChI=1S/C43H35NO7/c1-23-20-35(46)39-33(41(23)47)22-32-30(40(39)38-29-7-5-4-6-25(29)12-18-34(38)45)16-17-31-37(32)43(49)44(42(31)48)27-13-9-24(10-14-27)8-11-26-21-28(50-2)15-19-36(26)51-3/h4-16,18-21,31-32,37,40,45H,17,22H2,1-3H3/t31-,32+,37-,40+/m0/s1. The van der Waals surface area contributed by atoms with Crippen molar-refractivity contribution in [2.75, 3.05) is 19.1 Å². The number of allylic oxidation sites excluding steroid dienone is 6. The lowest BCUT2D eigenvalue weighted by Crippen LogP contribution is -2.39. The van der Waals surface area contributed by atoms with E-state index >= 15 is 0 Å². The molecule has 4 aliphatic rings. The maximum absolute atomic E-state index is 14.4. The minimum absolute atomic E-state index is 0.00943. The summed E-state index contributed by atoms with van der Waals surface area (Å²) in [5.74, 6) is -2.28. The molecule has 0 radical (unpaired) electrons. The lowest BCUT2D eigenvalue weighted by Gasteiger charge is -2.42. The Hall–Kier alpha value is -6.02. The number of phenols is 1. The second-order valence-corrected chi connectivity index (χ2v) is 13.5. The monoisotopic (exact) mass is 677 g/mol. The summed E-state index contributed by atoms with van der Waals surface area (Å²) in [5.41, 5.74) is 4.55. The van der Waals surface area contributed by atoms with Crippen LogP contribution < -0.4 is 14.4 Å². The average molecular weight is 678 g/mol. The molecule has 4 aromatic carbocycles. The quantitative estimate of drug-likeness (QED) is 0.0983. The number of aromatic hydroxyl groups is 1. The SMILES string of the molecule is COc1ccc(OC)c(C=Cc2ccc(N3C(=O)[C@H]4[C@H](CC=C5[C@H](c6c(O)ccc7ccccc67)C6=C(C[C@H]54)C(=O)C(C)=CC6=O)C3=O)cc2)c1. The van der Waals surface area contributed by atoms with E-state index in [4.69, 9.17) is 9.47 Å². The lowest BCUT2D eigenvalue weighted by molar-refractivity contribution is -0.123. The van der Waals surface area contributed by atoms with Crippen LogP contribution in [-0.4, -0.2) is 42.7 Å². The van der Waals surface area contributed by atoms with Crippen molar-refractivity contribution in [1.82, 2.24) is 0 Å². The van der Waals surface area contributed by atoms with E-state index in [1.165, 1.54) is 11.0 Å². The van der Waals surface area contributed by atoms with Gasteiger partial charge >= 0.3 is 0 Å². The van der Waals surface area contributed by atoms with E-state index in [1.54, 1.807) is 39.3 Å². The van der Waals surface area contributed by atoms with Gasteiger partial charge in [0.25, 0.3) is 0 Å². The highest BCUT2D eigenvalue weighted by Crippen LogP contribution is 2.57. The molecule has 4 aromatic rings. The van der Waals surface area contributed by atoms with Crippen molar-refractivity contribution < 1.29 is 33.8 Å². The van der Waals surface area contributed by atoms with Gasteiger partial charge in [-0.15, -0.1) is 0 Å². The first-order valence-electron chi connectivity index (χ1n) is 17.0. The van der Waals surface area contributed by atoms with Crippen LogP contribution in [0.15, 0.2) is 113 Å². The second-order valence-electron chi connectivity index (χ2n) is 13.5. The van der Waals surface area contributed by atoms with Gasteiger partial charge in [-0.25, -0.2) is 0 Å². The minimum Gasteiger partial charge on any atom is -0.508 e. The number of carbonyl (C=O) groups excluding carboxylic acids is 4. The molecule has 0 saturated carbocycles. The van der Waals surface area contributed by atoms with Crippen LogP contribution in [0.3, 0.4) is 0 Å². The molecule has 1 heterocycles. The summed E-state index contributed by atoms with van der Waals surface area (Å²) in [7, 11) is 3.21. The molecule has 2 amide bonds. The van der Waals surface area contributed by atoms with Gasteiger partial charge in [-0.05, 0) is 84.5 Å². The number of phenolic OH excluding ortho intramolecular Hbond substituents is 1. The molecule has 1 N–H and O–H groups in total. The Morgan fingerprint density at radius 3 is 2.39 bits per heavy atom. The summed E-state index contributed by atoms with van der Waals surface area (Å²) in [6.45, 7) is 1.63. The molecule has 8 heteroatoms. The number of imide groups is 1. The maximum Gasteiger partial charge on any atom is 0.238 e. The first-order chi connectivity index (χ1) is 24.7. The summed E-state index contributed by atoms with van der Waals surface area (Å²) in [5, 5.41) is 13.0. The summed E-state index contributed by atoms with van der Waals surface area (Å²) in [4.78, 5) is 57.2. The summed E-state index contributed by atoms with van der Waals surface area (Å²) in [6.07, 6.45) is 7.65. The number of carbonyl (C=O) groups is 4. The Morgan fingerprint density at radius 2 is 1.63 bits per heavy atom. The Labute approximate surface area is 295 Å². The largest absolute Gasteiger partial charge is 0.508 e. The first kappa shape index (κ1) is 32.2. The predicted molar refractivity (Wildman–Crippen MR) is 194 cm³/mol. The normalized spacial score (nSPS) is 22.9. The van der Waals surface area contributed by atoms with Crippen LogP contribution in [0.25, 0.3) is 22.9 Å². The number of benzene rings is 4. The van der Waals surface area contributed by atoms with Crippen LogP contribution in [0, 0.1) is 17.8 Å². The fourth-order valence-electron chi connectivity index (χ4n) is 8.45. The number of amides is 2. The first-order valence-corrected chi connectivity index (χ1v) is 17.0. The highest BCUT2D eigenvalue weighted by atomic mass is 16.5. The molecular weight excluding hydrogens is 642 g/mol. The van der Waals surface area contributed by atoms with Crippen molar-refractivity contribution in [3.63, 3.8) is 0 Å². The fourth-order valence-corrected chi connectivity index (χ4v) is 8.45. The molecule has 0 spiro atoms. The molecule has 1 saturated heterocycles. The number of hydrogen-bond acceptors (Lipinski definition) is 7. The third-order valence-electron chi connectivity index (χ3n) is 10.8. The lowest BCUT2D eigenvalue weighted by atomic mass is 9.59. The van der Waals surface area contributed by atoms with Crippen molar-refractivity contribution in [1.29, 1.82) is 0 Å². The molecule has 254 valence electrons. The third-order valence-corrected chi connectivity index (χ3v) is 10.8. The number of Topliss-reactive ketones (excluding diaryl/α,β-unsaturated/α-hetero) is 1. The van der Waals surface area contributed by atoms with E-state index in [-0.39, 0.29) is 35.6 Å². The van der Waals surface area contributed by atoms with Gasteiger partial charge in [-0.1, -0.05) is 66.3 Å². The topological polar surface area (TPSA) is 110 Å². The Bertz CT molecular complexity index is 2310. The van der Waals surface area contributed by atoms with Crippen LogP contribution in [-0.2, 0) is 19.2 Å². The summed E-state index contributed by atoms with van der Waals surface area (Å²) in [6, 6.07) is 23.8. The van der Waals surface area contributed by atoms with E-state index < -0.39 is 23.7 Å². The van der Waals surface area contributed by atoms with Crippen LogP contribution >= 0.6 is 0 Å². The van der Waals surface area contributed by atoms with E-state index in [2.05, 4.69) is 0 Å². The van der Waals surface area contributed by atoms with E-state index in [0.29, 0.717) is 45.9 Å². The van der Waals surface area contributed by atoms with Crippen LogP contribution in [0.2, 0.25) is 0 Å². The van der Waals surface area contributed by atoms with Gasteiger partial charge in [0.1, 0.15) is 17.2 Å². The summed E-state index contributed by atoms with van der Waals surface area (Å²) < 4.78 is 10.8. The minimum atomic E-state index is -0.738. The molecule has 3 aliphatic carbocycles. The fraction of sp³-hybridized carbons (Fsp3) is 0.209. The van der Waals surface area contributed by atoms with Crippen molar-refractivity contribution in [3.8, 4) is 17.2 Å². The van der Waals surface area contributed by atoms with Gasteiger partial charge in [0.05, 0.1) is 31.7 Å². The molecule has 1 aliphatic heterocycles. The highest BCUT2D eigenvalue weighted by Gasteiger charge is 2.57. The zero-order chi connectivity index (χ0) is 35.6. The number of ether oxygens (including phenoxy) is 2. The molecule has 1 fully saturated rings. The number of hydrogen-bond donors (Lipinski definition) is 1. The molecular formula is C43H35NO7. The van der Waals surface area contributed by atoms with Crippen LogP contribution in [0.4, 0.5) is 5.69 Å². The highest BCUT2D eigenvalue weighted by molar-refractivity contribution is 6.25. The Morgan fingerprint density at radius 1 is 0.843 bits per heavy atom. The molecule has 4 atom stereocenters. The van der Waals surface area contributed by atoms with E-state index in [9.17, 15) is 24.3 Å². The molecule has 8 rings (SSSR count). The van der Waals surface area contributed by atoms with Gasteiger partial charge in [-0.2, -0.15) is 0 Å². The van der Waals surface area contributed by atoms with E-state index in [0.717, 1.165) is 27.5 Å². The van der Waals surface area contributed by atoms with E-state index in [1.807, 2.05) is 78.9 Å². The van der Waals surface area contributed by atoms with Crippen molar-refractivity contribution in [3.05, 3.63) is 130 Å². The number of nitrogens with zero attached hydrogens (tertiary/aromatic N) is 1. The average Bonchev–Trinajstić information content (AvgIpc) is 3.41. The van der Waals surface area contributed by atoms with Crippen molar-refractivity contribution in [2.45, 2.75) is 25.7 Å². The van der Waals surface area contributed by atoms with Crippen molar-refractivity contribution >= 4 is 52.0 Å². The maximum atomic E-state index is 14.4. The number of methoxy groups -OCH3 is 2. The number of anilines is 1.